The van der Waals surface area contributed by atoms with E-state index in [2.05, 4.69) is 10.3 Å². The van der Waals surface area contributed by atoms with Gasteiger partial charge in [0.25, 0.3) is 0 Å². The SMILES string of the molecule is O=C(CSc1ccncc1)NC1CC(O)C1. The van der Waals surface area contributed by atoms with Gasteiger partial charge in [-0.05, 0) is 25.0 Å². The van der Waals surface area contributed by atoms with E-state index in [0.717, 1.165) is 4.90 Å². The highest BCUT2D eigenvalue weighted by Crippen LogP contribution is 2.20. The first kappa shape index (κ1) is 11.4. The van der Waals surface area contributed by atoms with Crippen LogP contribution in [-0.2, 0) is 4.79 Å². The maximum atomic E-state index is 11.5. The minimum atomic E-state index is -0.224. The zero-order valence-electron chi connectivity index (χ0n) is 8.80. The van der Waals surface area contributed by atoms with Gasteiger partial charge < -0.3 is 10.4 Å². The zero-order chi connectivity index (χ0) is 11.4. The fourth-order valence-corrected chi connectivity index (χ4v) is 2.25. The van der Waals surface area contributed by atoms with E-state index in [-0.39, 0.29) is 18.1 Å². The summed E-state index contributed by atoms with van der Waals surface area (Å²) in [6.45, 7) is 0. The summed E-state index contributed by atoms with van der Waals surface area (Å²) < 4.78 is 0. The molecule has 0 atom stereocenters. The highest BCUT2D eigenvalue weighted by atomic mass is 32.2. The van der Waals surface area contributed by atoms with Crippen molar-refractivity contribution in [3.8, 4) is 0 Å². The van der Waals surface area contributed by atoms with Gasteiger partial charge in [0, 0.05) is 23.3 Å². The highest BCUT2D eigenvalue weighted by Gasteiger charge is 2.28. The molecule has 0 aromatic carbocycles. The predicted octanol–water partition coefficient (Wildman–Crippen LogP) is 0.813. The van der Waals surface area contributed by atoms with Crippen LogP contribution in [0.1, 0.15) is 12.8 Å². The summed E-state index contributed by atoms with van der Waals surface area (Å²) >= 11 is 1.49. The molecule has 1 amide bonds. The van der Waals surface area contributed by atoms with E-state index < -0.39 is 0 Å². The number of amides is 1. The molecule has 1 saturated carbocycles. The summed E-state index contributed by atoms with van der Waals surface area (Å²) in [4.78, 5) is 16.4. The van der Waals surface area contributed by atoms with Crippen LogP contribution in [0.25, 0.3) is 0 Å². The largest absolute Gasteiger partial charge is 0.393 e. The average Bonchev–Trinajstić information content (AvgIpc) is 2.26. The summed E-state index contributed by atoms with van der Waals surface area (Å²) in [5.74, 6) is 0.440. The number of pyridine rings is 1. The number of carbonyl (C=O) groups excluding carboxylic acids is 1. The molecule has 2 N–H and O–H groups in total. The summed E-state index contributed by atoms with van der Waals surface area (Å²) in [6, 6.07) is 3.93. The second-order valence-electron chi connectivity index (χ2n) is 3.86. The molecule has 86 valence electrons. The molecule has 0 radical (unpaired) electrons. The van der Waals surface area contributed by atoms with Gasteiger partial charge in [0.1, 0.15) is 0 Å². The van der Waals surface area contributed by atoms with E-state index in [4.69, 9.17) is 5.11 Å². The number of hydrogen-bond acceptors (Lipinski definition) is 4. The van der Waals surface area contributed by atoms with Crippen molar-refractivity contribution in [2.75, 3.05) is 5.75 Å². The molecule has 0 bridgehead atoms. The van der Waals surface area contributed by atoms with Crippen LogP contribution in [0.4, 0.5) is 0 Å². The van der Waals surface area contributed by atoms with Gasteiger partial charge in [0.15, 0.2) is 0 Å². The molecule has 0 aliphatic heterocycles. The molecule has 1 aromatic rings. The number of hydrogen-bond donors (Lipinski definition) is 2. The quantitative estimate of drug-likeness (QED) is 0.762. The summed E-state index contributed by atoms with van der Waals surface area (Å²) in [5, 5.41) is 12.0. The molecule has 16 heavy (non-hydrogen) atoms. The van der Waals surface area contributed by atoms with E-state index >= 15 is 0 Å². The second kappa shape index (κ2) is 5.32. The van der Waals surface area contributed by atoms with Crippen LogP contribution in [0.3, 0.4) is 0 Å². The van der Waals surface area contributed by atoms with Gasteiger partial charge in [-0.15, -0.1) is 11.8 Å². The number of thioether (sulfide) groups is 1. The summed E-state index contributed by atoms with van der Waals surface area (Å²) in [7, 11) is 0. The third-order valence-corrected chi connectivity index (χ3v) is 3.51. The maximum absolute atomic E-state index is 11.5. The van der Waals surface area contributed by atoms with E-state index in [9.17, 15) is 4.79 Å². The highest BCUT2D eigenvalue weighted by molar-refractivity contribution is 8.00. The zero-order valence-corrected chi connectivity index (χ0v) is 9.61. The molecule has 1 aliphatic carbocycles. The van der Waals surface area contributed by atoms with Gasteiger partial charge in [-0.25, -0.2) is 0 Å². The van der Waals surface area contributed by atoms with Gasteiger partial charge in [-0.3, -0.25) is 9.78 Å². The van der Waals surface area contributed by atoms with Crippen LogP contribution in [-0.4, -0.2) is 33.9 Å². The van der Waals surface area contributed by atoms with Crippen molar-refractivity contribution < 1.29 is 9.90 Å². The Hall–Kier alpha value is -1.07. The fourth-order valence-electron chi connectivity index (χ4n) is 1.56. The van der Waals surface area contributed by atoms with Crippen molar-refractivity contribution in [2.24, 2.45) is 0 Å². The number of nitrogens with zero attached hydrogens (tertiary/aromatic N) is 1. The van der Waals surface area contributed by atoms with E-state index in [0.29, 0.717) is 18.6 Å². The standard InChI is InChI=1S/C11H14N2O2S/c14-9-5-8(6-9)13-11(15)7-16-10-1-3-12-4-2-10/h1-4,8-9,14H,5-7H2,(H,13,15). The van der Waals surface area contributed by atoms with E-state index in [1.807, 2.05) is 12.1 Å². The fraction of sp³-hybridized carbons (Fsp3) is 0.455. The van der Waals surface area contributed by atoms with Crippen molar-refractivity contribution in [3.05, 3.63) is 24.5 Å². The lowest BCUT2D eigenvalue weighted by Crippen LogP contribution is -2.47. The van der Waals surface area contributed by atoms with E-state index in [1.54, 1.807) is 12.4 Å². The molecule has 1 aliphatic rings. The molecule has 4 nitrogen and oxygen atoms in total. The molecule has 2 rings (SSSR count). The molecule has 0 saturated heterocycles. The van der Waals surface area contributed by atoms with Gasteiger partial charge in [-0.2, -0.15) is 0 Å². The topological polar surface area (TPSA) is 62.2 Å². The predicted molar refractivity (Wildman–Crippen MR) is 62.1 cm³/mol. The van der Waals surface area contributed by atoms with Gasteiger partial charge in [-0.1, -0.05) is 0 Å². The Morgan fingerprint density at radius 2 is 2.19 bits per heavy atom. The third-order valence-electron chi connectivity index (χ3n) is 2.50. The Morgan fingerprint density at radius 1 is 1.50 bits per heavy atom. The molecular weight excluding hydrogens is 224 g/mol. The molecule has 1 fully saturated rings. The molecule has 1 heterocycles. The minimum Gasteiger partial charge on any atom is -0.393 e. The lowest BCUT2D eigenvalue weighted by Gasteiger charge is -2.31. The Balaban J connectivity index is 1.68. The van der Waals surface area contributed by atoms with Crippen LogP contribution < -0.4 is 5.32 Å². The normalized spacial score (nSPS) is 23.6. The van der Waals surface area contributed by atoms with Crippen molar-refractivity contribution >= 4 is 17.7 Å². The number of aliphatic hydroxyl groups is 1. The first-order chi connectivity index (χ1) is 7.74. The number of nitrogens with one attached hydrogen (secondary N) is 1. The lowest BCUT2D eigenvalue weighted by atomic mass is 9.89. The van der Waals surface area contributed by atoms with Crippen molar-refractivity contribution in [1.82, 2.24) is 10.3 Å². The lowest BCUT2D eigenvalue weighted by molar-refractivity contribution is -0.120. The molecular formula is C11H14N2O2S. The van der Waals surface area contributed by atoms with Crippen LogP contribution in [0, 0.1) is 0 Å². The van der Waals surface area contributed by atoms with Crippen molar-refractivity contribution in [3.63, 3.8) is 0 Å². The van der Waals surface area contributed by atoms with Gasteiger partial charge >= 0.3 is 0 Å². The van der Waals surface area contributed by atoms with Crippen LogP contribution in [0.15, 0.2) is 29.4 Å². The molecule has 0 unspecified atom stereocenters. The monoisotopic (exact) mass is 238 g/mol. The first-order valence-electron chi connectivity index (χ1n) is 5.24. The Kier molecular flexibility index (Phi) is 3.79. The Morgan fingerprint density at radius 3 is 2.81 bits per heavy atom. The molecule has 1 aromatic heterocycles. The second-order valence-corrected chi connectivity index (χ2v) is 4.91. The van der Waals surface area contributed by atoms with Crippen molar-refractivity contribution in [1.29, 1.82) is 0 Å². The van der Waals surface area contributed by atoms with E-state index in [1.165, 1.54) is 11.8 Å². The first-order valence-corrected chi connectivity index (χ1v) is 6.23. The number of aromatic nitrogens is 1. The van der Waals surface area contributed by atoms with Crippen molar-refractivity contribution in [2.45, 2.75) is 29.9 Å². The van der Waals surface area contributed by atoms with Crippen LogP contribution in [0.2, 0.25) is 0 Å². The number of rotatable bonds is 4. The summed E-state index contributed by atoms with van der Waals surface area (Å²) in [5.41, 5.74) is 0. The van der Waals surface area contributed by atoms with Crippen LogP contribution in [0.5, 0.6) is 0 Å². The minimum absolute atomic E-state index is 0.0266. The third kappa shape index (κ3) is 3.21. The van der Waals surface area contributed by atoms with Gasteiger partial charge in [0.05, 0.1) is 11.9 Å². The smallest absolute Gasteiger partial charge is 0.230 e. The molecule has 5 heteroatoms. The number of carbonyl (C=O) groups is 1. The van der Waals surface area contributed by atoms with Crippen LogP contribution >= 0.6 is 11.8 Å². The van der Waals surface area contributed by atoms with Gasteiger partial charge in [0.2, 0.25) is 5.91 Å². The Labute approximate surface area is 98.5 Å². The molecule has 0 spiro atoms. The Bertz CT molecular complexity index is 352. The average molecular weight is 238 g/mol. The summed E-state index contributed by atoms with van der Waals surface area (Å²) in [6.07, 6.45) is 4.57. The maximum Gasteiger partial charge on any atom is 0.230 e. The number of aliphatic hydroxyl groups excluding tert-OH is 1.